The van der Waals surface area contributed by atoms with E-state index in [1.165, 1.54) is 12.1 Å². The number of nitrogens with one attached hydrogen (secondary N) is 3. The first kappa shape index (κ1) is 22.9. The molecule has 7 nitrogen and oxygen atoms in total. The van der Waals surface area contributed by atoms with E-state index in [0.29, 0.717) is 11.4 Å². The Kier molecular flexibility index (Phi) is 8.19. The maximum atomic E-state index is 12.1. The van der Waals surface area contributed by atoms with Crippen molar-refractivity contribution in [1.29, 1.82) is 0 Å². The molecule has 2 rings (SSSR count). The molecule has 0 fully saturated rings. The van der Waals surface area contributed by atoms with Crippen LogP contribution in [0.3, 0.4) is 0 Å². The van der Waals surface area contributed by atoms with Crippen molar-refractivity contribution in [2.75, 3.05) is 6.54 Å². The minimum Gasteiger partial charge on any atom is -0.348 e. The van der Waals surface area contributed by atoms with Crippen LogP contribution in [0.4, 0.5) is 0 Å². The number of rotatable bonds is 8. The molecule has 156 valence electrons. The van der Waals surface area contributed by atoms with Crippen molar-refractivity contribution >= 4 is 33.4 Å². The number of hydrogen-bond acceptors (Lipinski definition) is 4. The molecule has 0 spiro atoms. The van der Waals surface area contributed by atoms with E-state index in [4.69, 9.17) is 11.6 Å². The fourth-order valence-electron chi connectivity index (χ4n) is 2.48. The van der Waals surface area contributed by atoms with Gasteiger partial charge in [-0.15, -0.1) is 0 Å². The Bertz CT molecular complexity index is 943. The van der Waals surface area contributed by atoms with Crippen molar-refractivity contribution in [2.24, 2.45) is 0 Å². The Hall–Kier alpha value is -2.42. The average molecular weight is 438 g/mol. The Morgan fingerprint density at radius 1 is 0.897 bits per heavy atom. The van der Waals surface area contributed by atoms with Gasteiger partial charge in [0.2, 0.25) is 10.0 Å². The van der Waals surface area contributed by atoms with Gasteiger partial charge in [-0.3, -0.25) is 9.59 Å². The molecule has 0 aliphatic carbocycles. The molecule has 0 atom stereocenters. The normalized spacial score (nSPS) is 11.3. The molecule has 2 amide bonds. The molecule has 0 aromatic heterocycles. The summed E-state index contributed by atoms with van der Waals surface area (Å²) in [6, 6.07) is 13.1. The highest BCUT2D eigenvalue weighted by atomic mass is 35.5. The maximum Gasteiger partial charge on any atom is 0.309 e. The smallest absolute Gasteiger partial charge is 0.309 e. The summed E-state index contributed by atoms with van der Waals surface area (Å²) < 4.78 is 26.7. The van der Waals surface area contributed by atoms with Crippen LogP contribution in [-0.2, 0) is 32.6 Å². The summed E-state index contributed by atoms with van der Waals surface area (Å²) in [5, 5.41) is 5.68. The van der Waals surface area contributed by atoms with Gasteiger partial charge in [0.1, 0.15) is 0 Å². The number of sulfonamides is 1. The molecule has 0 saturated heterocycles. The van der Waals surface area contributed by atoms with E-state index in [-0.39, 0.29) is 24.0 Å². The molecular formula is C20H24ClN3O4S. The molecular weight excluding hydrogens is 414 g/mol. The number of benzene rings is 2. The van der Waals surface area contributed by atoms with Crippen molar-refractivity contribution in [3.63, 3.8) is 0 Å². The topological polar surface area (TPSA) is 104 Å². The molecule has 0 radical (unpaired) electrons. The second-order valence-corrected chi connectivity index (χ2v) is 8.89. The van der Waals surface area contributed by atoms with E-state index >= 15 is 0 Å². The average Bonchev–Trinajstić information content (AvgIpc) is 2.66. The van der Waals surface area contributed by atoms with Gasteiger partial charge in [0.15, 0.2) is 0 Å². The van der Waals surface area contributed by atoms with E-state index in [2.05, 4.69) is 15.4 Å². The molecule has 29 heavy (non-hydrogen) atoms. The van der Waals surface area contributed by atoms with E-state index in [1.807, 2.05) is 0 Å². The highest BCUT2D eigenvalue weighted by molar-refractivity contribution is 7.89. The lowest BCUT2D eigenvalue weighted by Crippen LogP contribution is -2.40. The first-order valence-electron chi connectivity index (χ1n) is 9.09. The van der Waals surface area contributed by atoms with Crippen LogP contribution >= 0.6 is 11.6 Å². The number of carbonyl (C=O) groups is 2. The minimum atomic E-state index is -3.53. The molecule has 0 heterocycles. The van der Waals surface area contributed by atoms with Gasteiger partial charge < -0.3 is 10.6 Å². The Morgan fingerprint density at radius 3 is 2.03 bits per heavy atom. The fraction of sp³-hybridized carbons (Fsp3) is 0.300. The van der Waals surface area contributed by atoms with Crippen LogP contribution in [0.1, 0.15) is 25.0 Å². The SMILES string of the molecule is CC(C)NS(=O)(=O)c1ccc(CCNC(=O)C(=O)NCc2ccc(Cl)cc2)cc1. The third-order valence-corrected chi connectivity index (χ3v) is 5.82. The number of carbonyl (C=O) groups excluding carboxylic acids is 2. The van der Waals surface area contributed by atoms with E-state index in [1.54, 1.807) is 50.2 Å². The van der Waals surface area contributed by atoms with Gasteiger partial charge in [-0.05, 0) is 55.7 Å². The summed E-state index contributed by atoms with van der Waals surface area (Å²) in [5.74, 6) is -1.44. The molecule has 0 unspecified atom stereocenters. The van der Waals surface area contributed by atoms with Gasteiger partial charge in [0.25, 0.3) is 0 Å². The zero-order chi connectivity index (χ0) is 21.4. The maximum absolute atomic E-state index is 12.1. The quantitative estimate of drug-likeness (QED) is 0.549. The molecule has 3 N–H and O–H groups in total. The summed E-state index contributed by atoms with van der Waals surface area (Å²) in [4.78, 5) is 23.9. The van der Waals surface area contributed by atoms with Crippen molar-refractivity contribution in [3.8, 4) is 0 Å². The van der Waals surface area contributed by atoms with E-state index in [9.17, 15) is 18.0 Å². The number of amides is 2. The number of halogens is 1. The van der Waals surface area contributed by atoms with Crippen LogP contribution in [-0.4, -0.2) is 32.8 Å². The van der Waals surface area contributed by atoms with Crippen LogP contribution in [0.5, 0.6) is 0 Å². The largest absolute Gasteiger partial charge is 0.348 e. The lowest BCUT2D eigenvalue weighted by molar-refractivity contribution is -0.139. The Labute approximate surface area is 175 Å². The highest BCUT2D eigenvalue weighted by Gasteiger charge is 2.15. The number of hydrogen-bond donors (Lipinski definition) is 3. The first-order valence-corrected chi connectivity index (χ1v) is 11.0. The molecule has 0 aliphatic rings. The van der Waals surface area contributed by atoms with Gasteiger partial charge in [0.05, 0.1) is 4.90 Å². The minimum absolute atomic E-state index is 0.181. The van der Waals surface area contributed by atoms with Crippen molar-refractivity contribution < 1.29 is 18.0 Å². The molecule has 2 aromatic carbocycles. The monoisotopic (exact) mass is 437 g/mol. The summed E-state index contributed by atoms with van der Waals surface area (Å²) in [7, 11) is -3.53. The van der Waals surface area contributed by atoms with Gasteiger partial charge in [0, 0.05) is 24.2 Å². The summed E-state index contributed by atoms with van der Waals surface area (Å²) in [6.45, 7) is 3.98. The molecule has 0 bridgehead atoms. The second-order valence-electron chi connectivity index (χ2n) is 6.73. The van der Waals surface area contributed by atoms with Crippen LogP contribution in [0.15, 0.2) is 53.4 Å². The van der Waals surface area contributed by atoms with Crippen LogP contribution in [0.2, 0.25) is 5.02 Å². The Balaban J connectivity index is 1.77. The highest BCUT2D eigenvalue weighted by Crippen LogP contribution is 2.11. The standard InChI is InChI=1S/C20H24ClN3O4S/c1-14(2)24-29(27,28)18-9-5-15(6-10-18)11-12-22-19(25)20(26)23-13-16-3-7-17(21)8-4-16/h3-10,14,24H,11-13H2,1-2H3,(H,22,25)(H,23,26). The lowest BCUT2D eigenvalue weighted by atomic mass is 10.1. The van der Waals surface area contributed by atoms with Crippen LogP contribution in [0, 0.1) is 0 Å². The van der Waals surface area contributed by atoms with Crippen LogP contribution in [0.25, 0.3) is 0 Å². The lowest BCUT2D eigenvalue weighted by Gasteiger charge is -2.10. The summed E-state index contributed by atoms with van der Waals surface area (Å²) >= 11 is 5.80. The molecule has 9 heteroatoms. The fourth-order valence-corrected chi connectivity index (χ4v) is 3.86. The van der Waals surface area contributed by atoms with Gasteiger partial charge in [-0.1, -0.05) is 35.9 Å². The van der Waals surface area contributed by atoms with Crippen molar-refractivity contribution in [3.05, 3.63) is 64.7 Å². The second kappa shape index (κ2) is 10.4. The first-order chi connectivity index (χ1) is 13.7. The zero-order valence-corrected chi connectivity index (χ0v) is 17.8. The third kappa shape index (κ3) is 7.49. The van der Waals surface area contributed by atoms with Gasteiger partial charge in [-0.25, -0.2) is 13.1 Å². The van der Waals surface area contributed by atoms with Crippen molar-refractivity contribution in [2.45, 2.75) is 37.8 Å². The zero-order valence-electron chi connectivity index (χ0n) is 16.2. The van der Waals surface area contributed by atoms with Gasteiger partial charge >= 0.3 is 11.8 Å². The van der Waals surface area contributed by atoms with Crippen LogP contribution < -0.4 is 15.4 Å². The molecule has 2 aromatic rings. The van der Waals surface area contributed by atoms with Gasteiger partial charge in [-0.2, -0.15) is 0 Å². The van der Waals surface area contributed by atoms with E-state index < -0.39 is 21.8 Å². The summed E-state index contributed by atoms with van der Waals surface area (Å²) in [6.07, 6.45) is 0.466. The Morgan fingerprint density at radius 2 is 1.45 bits per heavy atom. The predicted molar refractivity (Wildman–Crippen MR) is 112 cm³/mol. The summed E-state index contributed by atoms with van der Waals surface area (Å²) in [5.41, 5.74) is 1.67. The molecule has 0 saturated carbocycles. The third-order valence-electron chi connectivity index (χ3n) is 3.90. The van der Waals surface area contributed by atoms with E-state index in [0.717, 1.165) is 11.1 Å². The van der Waals surface area contributed by atoms with Crippen molar-refractivity contribution in [1.82, 2.24) is 15.4 Å². The predicted octanol–water partition coefficient (Wildman–Crippen LogP) is 2.00. The molecule has 0 aliphatic heterocycles.